The van der Waals surface area contributed by atoms with Gasteiger partial charge in [0, 0.05) is 23.5 Å². The van der Waals surface area contributed by atoms with Gasteiger partial charge in [-0.05, 0) is 25.1 Å². The van der Waals surface area contributed by atoms with Gasteiger partial charge in [0.25, 0.3) is 5.91 Å². The summed E-state index contributed by atoms with van der Waals surface area (Å²) < 4.78 is 18.7. The van der Waals surface area contributed by atoms with Crippen molar-refractivity contribution in [1.29, 1.82) is 0 Å². The number of rotatable bonds is 4. The minimum absolute atomic E-state index is 0.0605. The van der Waals surface area contributed by atoms with Crippen molar-refractivity contribution in [3.63, 3.8) is 0 Å². The first kappa shape index (κ1) is 13.8. The topological polar surface area (TPSA) is 77.2 Å². The summed E-state index contributed by atoms with van der Waals surface area (Å²) in [6.07, 6.45) is 2.42. The van der Waals surface area contributed by atoms with Crippen LogP contribution in [-0.2, 0) is 0 Å². The summed E-state index contributed by atoms with van der Waals surface area (Å²) in [6.45, 7) is 2.29. The lowest BCUT2D eigenvalue weighted by atomic mass is 10.1. The summed E-state index contributed by atoms with van der Waals surface area (Å²) in [4.78, 5) is 15.7. The molecule has 104 valence electrons. The summed E-state index contributed by atoms with van der Waals surface area (Å²) in [5.74, 6) is -0.578. The molecule has 0 fully saturated rings. The number of halogens is 1. The monoisotopic (exact) mass is 275 g/mol. The number of anilines is 2. The van der Waals surface area contributed by atoms with Gasteiger partial charge in [-0.2, -0.15) is 0 Å². The number of hydrogen-bond acceptors (Lipinski definition) is 4. The van der Waals surface area contributed by atoms with E-state index >= 15 is 0 Å². The number of nitrogens with zero attached hydrogens (tertiary/aromatic N) is 1. The summed E-state index contributed by atoms with van der Waals surface area (Å²) in [6, 6.07) is 6.04. The van der Waals surface area contributed by atoms with Crippen LogP contribution in [-0.4, -0.2) is 17.5 Å². The second-order valence-electron chi connectivity index (χ2n) is 4.03. The number of amides is 1. The number of aromatic nitrogens is 1. The number of nitrogens with one attached hydrogen (secondary N) is 1. The number of pyridine rings is 1. The van der Waals surface area contributed by atoms with Gasteiger partial charge in [0.05, 0.1) is 18.5 Å². The van der Waals surface area contributed by atoms with Gasteiger partial charge in [-0.3, -0.25) is 9.78 Å². The number of nitrogens with two attached hydrogens (primary N) is 1. The lowest BCUT2D eigenvalue weighted by Crippen LogP contribution is -2.13. The fraction of sp³-hybridized carbons (Fsp3) is 0.143. The van der Waals surface area contributed by atoms with E-state index in [9.17, 15) is 9.18 Å². The van der Waals surface area contributed by atoms with Crippen LogP contribution < -0.4 is 15.8 Å². The molecule has 0 saturated carbocycles. The zero-order valence-corrected chi connectivity index (χ0v) is 10.9. The highest BCUT2D eigenvalue weighted by atomic mass is 19.1. The maximum absolute atomic E-state index is 13.4. The van der Waals surface area contributed by atoms with Gasteiger partial charge in [-0.1, -0.05) is 0 Å². The Morgan fingerprint density at radius 2 is 2.25 bits per heavy atom. The third kappa shape index (κ3) is 3.23. The zero-order valence-electron chi connectivity index (χ0n) is 10.9. The Kier molecular flexibility index (Phi) is 4.14. The van der Waals surface area contributed by atoms with Crippen molar-refractivity contribution in [1.82, 2.24) is 4.98 Å². The van der Waals surface area contributed by atoms with Gasteiger partial charge in [0.2, 0.25) is 0 Å². The van der Waals surface area contributed by atoms with E-state index in [1.807, 2.05) is 6.92 Å². The van der Waals surface area contributed by atoms with E-state index in [4.69, 9.17) is 10.5 Å². The summed E-state index contributed by atoms with van der Waals surface area (Å²) in [7, 11) is 0. The Labute approximate surface area is 115 Å². The fourth-order valence-electron chi connectivity index (χ4n) is 1.67. The molecular weight excluding hydrogens is 261 g/mol. The first-order chi connectivity index (χ1) is 9.60. The number of carbonyl (C=O) groups is 1. The van der Waals surface area contributed by atoms with Crippen LogP contribution >= 0.6 is 0 Å². The zero-order chi connectivity index (χ0) is 14.5. The smallest absolute Gasteiger partial charge is 0.255 e. The maximum atomic E-state index is 13.4. The predicted octanol–water partition coefficient (Wildman–Crippen LogP) is 2.45. The standard InChI is InChI=1S/C14H14FN3O2/c1-2-20-11-6-9(5-10(16)7-11)14(19)18-13-3-4-17-8-12(13)15/h3-8H,2,16H2,1H3,(H,17,18,19). The number of benzene rings is 1. The molecule has 2 aromatic rings. The quantitative estimate of drug-likeness (QED) is 0.840. The largest absolute Gasteiger partial charge is 0.494 e. The van der Waals surface area contributed by atoms with Crippen LogP contribution in [0.5, 0.6) is 5.75 Å². The second kappa shape index (κ2) is 6.01. The lowest BCUT2D eigenvalue weighted by Gasteiger charge is -2.09. The molecule has 0 aliphatic rings. The molecule has 1 amide bonds. The van der Waals surface area contributed by atoms with Crippen molar-refractivity contribution >= 4 is 17.3 Å². The summed E-state index contributed by atoms with van der Waals surface area (Å²) >= 11 is 0. The SMILES string of the molecule is CCOc1cc(N)cc(C(=O)Nc2ccncc2F)c1. The van der Waals surface area contributed by atoms with Gasteiger partial charge in [0.15, 0.2) is 5.82 Å². The molecule has 6 heteroatoms. The highest BCUT2D eigenvalue weighted by Crippen LogP contribution is 2.20. The molecular formula is C14H14FN3O2. The minimum atomic E-state index is -0.602. The van der Waals surface area contributed by atoms with Crippen LogP contribution in [0, 0.1) is 5.82 Å². The number of nitrogen functional groups attached to an aromatic ring is 1. The average Bonchev–Trinajstić information content (AvgIpc) is 2.41. The van der Waals surface area contributed by atoms with Crippen LogP contribution in [0.25, 0.3) is 0 Å². The highest BCUT2D eigenvalue weighted by Gasteiger charge is 2.11. The Morgan fingerprint density at radius 3 is 2.95 bits per heavy atom. The van der Waals surface area contributed by atoms with Crippen molar-refractivity contribution in [3.05, 3.63) is 48.0 Å². The predicted molar refractivity (Wildman–Crippen MR) is 74.2 cm³/mol. The van der Waals surface area contributed by atoms with E-state index in [1.54, 1.807) is 12.1 Å². The molecule has 5 nitrogen and oxygen atoms in total. The lowest BCUT2D eigenvalue weighted by molar-refractivity contribution is 0.102. The van der Waals surface area contributed by atoms with Crippen LogP contribution in [0.15, 0.2) is 36.7 Å². The number of ether oxygens (including phenoxy) is 1. The molecule has 0 aliphatic carbocycles. The third-order valence-electron chi connectivity index (χ3n) is 2.52. The van der Waals surface area contributed by atoms with Gasteiger partial charge in [-0.15, -0.1) is 0 Å². The van der Waals surface area contributed by atoms with Gasteiger partial charge in [0.1, 0.15) is 5.75 Å². The molecule has 1 heterocycles. The molecule has 0 bridgehead atoms. The summed E-state index contributed by atoms with van der Waals surface area (Å²) in [5, 5.41) is 2.46. The Balaban J connectivity index is 2.23. The van der Waals surface area contributed by atoms with Crippen molar-refractivity contribution < 1.29 is 13.9 Å². The summed E-state index contributed by atoms with van der Waals surface area (Å²) in [5.41, 5.74) is 6.46. The average molecular weight is 275 g/mol. The molecule has 0 atom stereocenters. The molecule has 0 aliphatic heterocycles. The molecule has 1 aromatic carbocycles. The Hall–Kier alpha value is -2.63. The normalized spacial score (nSPS) is 10.1. The van der Waals surface area contributed by atoms with Crippen molar-refractivity contribution in [3.8, 4) is 5.75 Å². The van der Waals surface area contributed by atoms with Crippen molar-refractivity contribution in [2.75, 3.05) is 17.7 Å². The van der Waals surface area contributed by atoms with Gasteiger partial charge in [-0.25, -0.2) is 4.39 Å². The second-order valence-corrected chi connectivity index (χ2v) is 4.03. The first-order valence-corrected chi connectivity index (χ1v) is 6.04. The molecule has 2 rings (SSSR count). The molecule has 0 spiro atoms. The fourth-order valence-corrected chi connectivity index (χ4v) is 1.67. The van der Waals surface area contributed by atoms with Crippen LogP contribution in [0.2, 0.25) is 0 Å². The number of hydrogen-bond donors (Lipinski definition) is 2. The molecule has 0 radical (unpaired) electrons. The molecule has 0 unspecified atom stereocenters. The molecule has 20 heavy (non-hydrogen) atoms. The molecule has 0 saturated heterocycles. The molecule has 3 N–H and O–H groups in total. The van der Waals surface area contributed by atoms with E-state index < -0.39 is 11.7 Å². The Bertz CT molecular complexity index is 632. The van der Waals surface area contributed by atoms with Crippen LogP contribution in [0.1, 0.15) is 17.3 Å². The van der Waals surface area contributed by atoms with Crippen molar-refractivity contribution in [2.45, 2.75) is 6.92 Å². The highest BCUT2D eigenvalue weighted by molar-refractivity contribution is 6.05. The van der Waals surface area contributed by atoms with Crippen molar-refractivity contribution in [2.24, 2.45) is 0 Å². The molecule has 1 aromatic heterocycles. The van der Waals surface area contributed by atoms with Crippen LogP contribution in [0.3, 0.4) is 0 Å². The minimum Gasteiger partial charge on any atom is -0.494 e. The van der Waals surface area contributed by atoms with Gasteiger partial charge < -0.3 is 15.8 Å². The maximum Gasteiger partial charge on any atom is 0.255 e. The van der Waals surface area contributed by atoms with E-state index in [2.05, 4.69) is 10.3 Å². The van der Waals surface area contributed by atoms with E-state index in [0.717, 1.165) is 6.20 Å². The third-order valence-corrected chi connectivity index (χ3v) is 2.52. The van der Waals surface area contributed by atoms with E-state index in [-0.39, 0.29) is 5.69 Å². The van der Waals surface area contributed by atoms with Crippen LogP contribution in [0.4, 0.5) is 15.8 Å². The Morgan fingerprint density at radius 1 is 1.45 bits per heavy atom. The first-order valence-electron chi connectivity index (χ1n) is 6.04. The van der Waals surface area contributed by atoms with Gasteiger partial charge >= 0.3 is 0 Å². The number of carbonyl (C=O) groups excluding carboxylic acids is 1. The van der Waals surface area contributed by atoms with E-state index in [0.29, 0.717) is 23.6 Å². The van der Waals surface area contributed by atoms with E-state index in [1.165, 1.54) is 18.3 Å².